The first-order chi connectivity index (χ1) is 71.3. The summed E-state index contributed by atoms with van der Waals surface area (Å²) in [5.41, 5.74) is 18.8. The number of nitrogens with zero attached hydrogens (tertiary/aromatic N) is 18. The van der Waals surface area contributed by atoms with Crippen molar-refractivity contribution in [3.63, 3.8) is 0 Å². The molecule has 1 fully saturated rings. The Morgan fingerprint density at radius 2 is 0.799 bits per heavy atom. The van der Waals surface area contributed by atoms with Crippen molar-refractivity contribution in [3.05, 3.63) is 255 Å². The molecule has 1 atom stereocenters. The Kier molecular flexibility index (Phi) is 37.5. The first-order valence-electron chi connectivity index (χ1n) is 46.3. The number of hydrogen-bond donors (Lipinski definition) is 6. The SMILES string of the molecule is CC(C)(C)c1ccc(-c2sc(-n3c(Br)nnc3SCC(=O)O)c3c2CCC3)cc1.Cc1cc(-n2c(Br)nnc2SC(C)(C)C(=O)O)sc1-c1ccccc1.Cc1cc(-n2c(Br)nnc2SC(C)C(=O)O)sc1-c1ccccc1.Cc1cc(-n2cnnc2SCC(=O)O)sc1-c1ccc(F)cc1.O=C(O)CSc1nnc(Br)n1-c1sc(-c2cccc(Cl)c2)c2c1CCC2.O=C(O)CSc1nncn1-c1sc(C2CC2)c2c1CCCC2. The molecule has 48 heteroatoms. The maximum absolute atomic E-state index is 13.1. The number of aliphatic carboxylic acids is 6. The molecule has 4 aliphatic carbocycles. The number of thiophene rings is 6. The maximum atomic E-state index is 13.1. The molecule has 1 saturated carbocycles. The Balaban J connectivity index is 0.000000128. The van der Waals surface area contributed by atoms with Crippen LogP contribution in [-0.2, 0) is 72.7 Å². The van der Waals surface area contributed by atoms with Gasteiger partial charge in [0.05, 0.1) is 23.0 Å². The highest BCUT2D eigenvalue weighted by atomic mass is 79.9. The fourth-order valence-electron chi connectivity index (χ4n) is 16.3. The number of aryl methyl sites for hydroxylation is 3. The van der Waals surface area contributed by atoms with E-state index < -0.39 is 45.8 Å². The summed E-state index contributed by atoms with van der Waals surface area (Å²) in [6.07, 6.45) is 17.1. The average molecular weight is 2510 g/mol. The van der Waals surface area contributed by atoms with Crippen LogP contribution in [-0.4, -0.2) is 188 Å². The lowest BCUT2D eigenvalue weighted by Crippen LogP contribution is -2.27. The van der Waals surface area contributed by atoms with Gasteiger partial charge in [0.15, 0.2) is 30.9 Å². The Morgan fingerprint density at radius 1 is 0.409 bits per heavy atom. The van der Waals surface area contributed by atoms with Gasteiger partial charge in [-0.25, -0.2) is 4.39 Å². The summed E-state index contributed by atoms with van der Waals surface area (Å²) in [6, 6.07) is 49.6. The van der Waals surface area contributed by atoms with Gasteiger partial charge in [-0.15, -0.1) is 129 Å². The first kappa shape index (κ1) is 112. The molecule has 12 heterocycles. The molecule has 0 spiro atoms. The van der Waals surface area contributed by atoms with E-state index in [1.165, 1.54) is 178 Å². The van der Waals surface area contributed by atoms with Gasteiger partial charge in [-0.2, -0.15) is 0 Å². The van der Waals surface area contributed by atoms with Crippen LogP contribution in [0, 0.1) is 26.6 Å². The number of benzene rings is 5. The summed E-state index contributed by atoms with van der Waals surface area (Å²) in [7, 11) is 0. The molecule has 0 aliphatic heterocycles. The molecule has 6 N–H and O–H groups in total. The molecule has 12 aromatic heterocycles. The number of aromatic nitrogens is 18. The van der Waals surface area contributed by atoms with Crippen molar-refractivity contribution in [3.8, 4) is 82.2 Å². The summed E-state index contributed by atoms with van der Waals surface area (Å²) >= 11 is 37.1. The second kappa shape index (κ2) is 50.0. The molecular weight excluding hydrogens is 2420 g/mol. The molecule has 21 rings (SSSR count). The van der Waals surface area contributed by atoms with Gasteiger partial charge in [0.2, 0.25) is 18.9 Å². The van der Waals surface area contributed by atoms with E-state index in [2.05, 4.69) is 226 Å². The Labute approximate surface area is 943 Å². The van der Waals surface area contributed by atoms with Gasteiger partial charge in [0.25, 0.3) is 0 Å². The monoisotopic (exact) mass is 2500 g/mol. The largest absolute Gasteiger partial charge is 0.481 e. The minimum absolute atomic E-state index is 0.0156. The highest BCUT2D eigenvalue weighted by Crippen LogP contribution is 2.53. The number of halogens is 6. The molecule has 4 aliphatic rings. The van der Waals surface area contributed by atoms with E-state index in [1.807, 2.05) is 102 Å². The quantitative estimate of drug-likeness (QED) is 0.0228. The van der Waals surface area contributed by atoms with Crippen LogP contribution in [0.4, 0.5) is 4.39 Å². The van der Waals surface area contributed by atoms with E-state index >= 15 is 0 Å². The second-order valence-electron chi connectivity index (χ2n) is 35.7. The zero-order valence-corrected chi connectivity index (χ0v) is 97.8. The summed E-state index contributed by atoms with van der Waals surface area (Å²) < 4.78 is 25.7. The summed E-state index contributed by atoms with van der Waals surface area (Å²) in [5, 5.41) is 113. The fourth-order valence-corrected chi connectivity index (χ4v) is 31.7. The highest BCUT2D eigenvalue weighted by molar-refractivity contribution is 9.11. The van der Waals surface area contributed by atoms with Gasteiger partial charge in [-0.05, 0) is 320 Å². The second-order valence-corrected chi connectivity index (χ2v) is 51.8. The molecule has 774 valence electrons. The van der Waals surface area contributed by atoms with Crippen LogP contribution in [0.1, 0.15) is 146 Å². The van der Waals surface area contributed by atoms with Crippen LogP contribution < -0.4 is 0 Å². The molecule has 0 bridgehead atoms. The summed E-state index contributed by atoms with van der Waals surface area (Å²) in [4.78, 5) is 73.5. The number of carbonyl (C=O) groups is 6. The van der Waals surface area contributed by atoms with Crippen molar-refractivity contribution in [2.45, 2.75) is 192 Å². The number of carboxylic acids is 6. The Bertz CT molecular complexity index is 7740. The Morgan fingerprint density at radius 3 is 1.27 bits per heavy atom. The fraction of sp³-hybridized carbons (Fsp3) is 0.287. The number of hydrogen-bond acceptors (Lipinski definition) is 30. The maximum Gasteiger partial charge on any atom is 0.319 e. The smallest absolute Gasteiger partial charge is 0.319 e. The van der Waals surface area contributed by atoms with Crippen molar-refractivity contribution < 1.29 is 63.8 Å². The van der Waals surface area contributed by atoms with Crippen LogP contribution in [0.25, 0.3) is 82.2 Å². The third-order valence-electron chi connectivity index (χ3n) is 23.6. The minimum atomic E-state index is -1.00. The van der Waals surface area contributed by atoms with E-state index in [0.717, 1.165) is 131 Å². The normalized spacial score (nSPS) is 13.1. The van der Waals surface area contributed by atoms with E-state index in [0.29, 0.717) is 54.9 Å². The van der Waals surface area contributed by atoms with Gasteiger partial charge < -0.3 is 30.6 Å². The van der Waals surface area contributed by atoms with E-state index in [9.17, 15) is 38.3 Å². The molecule has 0 radical (unpaired) electrons. The van der Waals surface area contributed by atoms with Crippen molar-refractivity contribution in [2.75, 3.05) is 23.0 Å². The zero-order valence-electron chi connectivity index (χ0n) is 80.9. The van der Waals surface area contributed by atoms with Crippen molar-refractivity contribution in [1.82, 2.24) is 88.6 Å². The van der Waals surface area contributed by atoms with E-state index in [4.69, 9.17) is 37.1 Å². The van der Waals surface area contributed by atoms with Crippen LogP contribution in [0.2, 0.25) is 5.02 Å². The predicted octanol–water partition coefficient (Wildman–Crippen LogP) is 27.3. The molecule has 1 unspecified atom stereocenters. The average Bonchev–Trinajstić information content (AvgIpc) is 1.61. The van der Waals surface area contributed by atoms with Gasteiger partial charge in [0, 0.05) is 34.3 Å². The van der Waals surface area contributed by atoms with E-state index in [-0.39, 0.29) is 34.2 Å². The number of carboxylic acid groups (broad SMARTS) is 6. The van der Waals surface area contributed by atoms with Gasteiger partial charge >= 0.3 is 35.8 Å². The van der Waals surface area contributed by atoms with Crippen LogP contribution in [0.15, 0.2) is 214 Å². The first-order valence-corrected chi connectivity index (χ1v) is 60.4. The van der Waals surface area contributed by atoms with E-state index in [1.54, 1.807) is 106 Å². The van der Waals surface area contributed by atoms with Crippen molar-refractivity contribution >= 4 is 250 Å². The topological polar surface area (TPSA) is 408 Å². The van der Waals surface area contributed by atoms with Crippen molar-refractivity contribution in [2.24, 2.45) is 0 Å². The molecule has 5 aromatic carbocycles. The molecular formula is C101H94Br4ClFN18O12S12. The summed E-state index contributed by atoms with van der Waals surface area (Å²) in [5.74, 6) is -4.91. The molecule has 17 aromatic rings. The van der Waals surface area contributed by atoms with Crippen molar-refractivity contribution in [1.29, 1.82) is 0 Å². The standard InChI is InChI=1S/C21H22BrN3O2S2.C17H13BrClN3O2S2.C17H16BrN3O2S2.C16H14BrN3O2S2.C15H12FN3O2S2.C15H17N3O2S2/c1-21(2,3)13-9-7-12(8-10-13)17-14-5-4-6-15(14)18(29-17)25-19(22)23-24-20(25)28-11-16(26)27;18-16-20-21-17(25-8-13(23)24)22(16)15-12-6-2-5-11(12)14(26-15)9-3-1-4-10(19)7-9;1-10-9-12(24-13(10)11-7-5-4-6-8-11)21-15(18)19-20-16(21)25-17(2,3)14(22)23;1-9-8-12(24-13(9)11-6-4-3-5-7-11)20-15(17)18-19-16(20)23-10(2)14(21)22;1-9-6-12(19-8-17-18-15(19)22-7-13(20)21)23-14(9)10-2-4-11(16)5-3-10;19-12(20)7-21-15-17-16-8-18(15)14-11-4-2-1-3-10(11)13(22-14)9-5-6-9/h7-10H,4-6,11H2,1-3H3,(H,26,27);1,3-4,7H,2,5-6,8H2,(H,23,24);4-9H,1-3H3,(H,22,23);3-8,10H,1-2H3,(H,21,22);2-6,8H,7H2,1H3,(H,20,21);8-9H,1-7H2,(H,19,20). The highest BCUT2D eigenvalue weighted by Gasteiger charge is 2.37. The lowest BCUT2D eigenvalue weighted by atomic mass is 9.86. The third kappa shape index (κ3) is 27.2. The predicted molar refractivity (Wildman–Crippen MR) is 608 cm³/mol. The van der Waals surface area contributed by atoms with Gasteiger partial charge in [-0.3, -0.25) is 56.2 Å². The zero-order chi connectivity index (χ0) is 106. The van der Waals surface area contributed by atoms with Crippen LogP contribution in [0.5, 0.6) is 0 Å². The molecule has 0 saturated heterocycles. The molecule has 149 heavy (non-hydrogen) atoms. The number of rotatable bonds is 30. The minimum Gasteiger partial charge on any atom is -0.481 e. The van der Waals surface area contributed by atoms with Gasteiger partial charge in [-0.1, -0.05) is 212 Å². The number of thioether (sulfide) groups is 6. The lowest BCUT2D eigenvalue weighted by Gasteiger charge is -2.19. The molecule has 30 nitrogen and oxygen atoms in total. The van der Waals surface area contributed by atoms with Gasteiger partial charge in [0.1, 0.15) is 58.5 Å². The lowest BCUT2D eigenvalue weighted by molar-refractivity contribution is -0.139. The van der Waals surface area contributed by atoms with Crippen LogP contribution >= 0.6 is 214 Å². The summed E-state index contributed by atoms with van der Waals surface area (Å²) in [6.45, 7) is 17.7. The Hall–Kier alpha value is -9.80. The molecule has 0 amide bonds. The number of fused-ring (bicyclic) bond motifs is 3. The van der Waals surface area contributed by atoms with Crippen LogP contribution in [0.3, 0.4) is 0 Å². The third-order valence-corrected chi connectivity index (χ3v) is 39.6.